The van der Waals surface area contributed by atoms with Crippen LogP contribution in [-0.4, -0.2) is 39.7 Å². The summed E-state index contributed by atoms with van der Waals surface area (Å²) < 4.78 is 4.57. The molecular weight excluding hydrogens is 364 g/mol. The highest BCUT2D eigenvalue weighted by Crippen LogP contribution is 2.17. The maximum atomic E-state index is 12.0. The SMILES string of the molecule is CCCc1cc(=O)[nH]c(SCC(=O)Nc2nc(CC(=O)OC)cs2)n1. The number of thioether (sulfide) groups is 1. The number of methoxy groups -OCH3 is 1. The Labute approximate surface area is 152 Å². The number of ether oxygens (including phenoxy) is 1. The van der Waals surface area contributed by atoms with Crippen molar-refractivity contribution in [2.45, 2.75) is 31.3 Å². The largest absolute Gasteiger partial charge is 0.469 e. The van der Waals surface area contributed by atoms with Crippen molar-refractivity contribution in [3.8, 4) is 0 Å². The number of anilines is 1. The summed E-state index contributed by atoms with van der Waals surface area (Å²) >= 11 is 2.38. The normalized spacial score (nSPS) is 10.5. The molecule has 134 valence electrons. The first kappa shape index (κ1) is 19.1. The van der Waals surface area contributed by atoms with Crippen LogP contribution in [0.4, 0.5) is 5.13 Å². The Hall–Kier alpha value is -2.20. The first-order valence-corrected chi connectivity index (χ1v) is 9.40. The van der Waals surface area contributed by atoms with Gasteiger partial charge in [-0.25, -0.2) is 9.97 Å². The number of amides is 1. The van der Waals surface area contributed by atoms with Crippen LogP contribution in [0, 0.1) is 0 Å². The van der Waals surface area contributed by atoms with E-state index in [1.165, 1.54) is 24.5 Å². The standard InChI is InChI=1S/C15H18N4O4S2/c1-3-4-9-5-11(20)18-14(16-9)25-8-12(21)19-15-17-10(7-24-15)6-13(22)23-2/h5,7H,3-4,6,8H2,1-2H3,(H,16,18,20)(H,17,19,21). The molecule has 2 aromatic rings. The zero-order chi connectivity index (χ0) is 18.2. The molecule has 0 saturated heterocycles. The van der Waals surface area contributed by atoms with Gasteiger partial charge in [0.1, 0.15) is 0 Å². The molecule has 0 aliphatic rings. The van der Waals surface area contributed by atoms with Crippen LogP contribution in [0.3, 0.4) is 0 Å². The summed E-state index contributed by atoms with van der Waals surface area (Å²) in [6.45, 7) is 2.01. The Kier molecular flexibility index (Phi) is 7.14. The van der Waals surface area contributed by atoms with E-state index in [0.717, 1.165) is 18.2 Å². The third-order valence-electron chi connectivity index (χ3n) is 2.97. The Balaban J connectivity index is 1.88. The molecule has 0 bridgehead atoms. The number of esters is 1. The maximum absolute atomic E-state index is 12.0. The lowest BCUT2D eigenvalue weighted by molar-refractivity contribution is -0.139. The van der Waals surface area contributed by atoms with Gasteiger partial charge in [0.25, 0.3) is 5.56 Å². The van der Waals surface area contributed by atoms with E-state index in [1.807, 2.05) is 6.92 Å². The van der Waals surface area contributed by atoms with Crippen LogP contribution in [0.15, 0.2) is 21.4 Å². The van der Waals surface area contributed by atoms with E-state index in [2.05, 4.69) is 25.0 Å². The molecule has 0 atom stereocenters. The van der Waals surface area contributed by atoms with Gasteiger partial charge in [0.05, 0.1) is 25.0 Å². The van der Waals surface area contributed by atoms with Crippen molar-refractivity contribution < 1.29 is 14.3 Å². The number of nitrogens with zero attached hydrogens (tertiary/aromatic N) is 2. The van der Waals surface area contributed by atoms with Crippen molar-refractivity contribution >= 4 is 40.1 Å². The van der Waals surface area contributed by atoms with E-state index in [4.69, 9.17) is 0 Å². The van der Waals surface area contributed by atoms with Gasteiger partial charge in [0.15, 0.2) is 10.3 Å². The smallest absolute Gasteiger partial charge is 0.311 e. The molecule has 2 rings (SSSR count). The van der Waals surface area contributed by atoms with E-state index in [9.17, 15) is 14.4 Å². The Bertz CT molecular complexity index is 803. The summed E-state index contributed by atoms with van der Waals surface area (Å²) in [6, 6.07) is 1.46. The monoisotopic (exact) mass is 382 g/mol. The average Bonchev–Trinajstić information content (AvgIpc) is 2.99. The van der Waals surface area contributed by atoms with Gasteiger partial charge in [-0.05, 0) is 6.42 Å². The summed E-state index contributed by atoms with van der Waals surface area (Å²) in [5.74, 6) is -0.571. The van der Waals surface area contributed by atoms with Crippen LogP contribution < -0.4 is 10.9 Å². The summed E-state index contributed by atoms with van der Waals surface area (Å²) in [5, 5.41) is 5.16. The zero-order valence-electron chi connectivity index (χ0n) is 13.8. The van der Waals surface area contributed by atoms with Gasteiger partial charge in [0, 0.05) is 17.1 Å². The van der Waals surface area contributed by atoms with Crippen molar-refractivity contribution in [3.63, 3.8) is 0 Å². The predicted molar refractivity (Wildman–Crippen MR) is 96.0 cm³/mol. The van der Waals surface area contributed by atoms with Crippen LogP contribution in [0.2, 0.25) is 0 Å². The number of rotatable bonds is 8. The van der Waals surface area contributed by atoms with E-state index in [0.29, 0.717) is 28.1 Å². The number of aryl methyl sites for hydroxylation is 1. The minimum Gasteiger partial charge on any atom is -0.469 e. The van der Waals surface area contributed by atoms with Gasteiger partial charge in [-0.3, -0.25) is 14.4 Å². The van der Waals surface area contributed by atoms with Crippen LogP contribution >= 0.6 is 23.1 Å². The Morgan fingerprint density at radius 1 is 1.36 bits per heavy atom. The first-order valence-electron chi connectivity index (χ1n) is 7.54. The maximum Gasteiger partial charge on any atom is 0.311 e. The van der Waals surface area contributed by atoms with Crippen LogP contribution in [0.5, 0.6) is 0 Å². The highest BCUT2D eigenvalue weighted by atomic mass is 32.2. The molecule has 2 heterocycles. The first-order chi connectivity index (χ1) is 12.0. The minimum atomic E-state index is -0.388. The summed E-state index contributed by atoms with van der Waals surface area (Å²) in [5.41, 5.74) is 1.02. The minimum absolute atomic E-state index is 0.0625. The number of carbonyl (C=O) groups is 2. The number of aromatic amines is 1. The lowest BCUT2D eigenvalue weighted by Crippen LogP contribution is -2.16. The second kappa shape index (κ2) is 9.33. The van der Waals surface area contributed by atoms with Crippen molar-refractivity contribution in [2.24, 2.45) is 0 Å². The molecule has 0 unspecified atom stereocenters. The summed E-state index contributed by atoms with van der Waals surface area (Å²) in [7, 11) is 1.31. The third-order valence-corrected chi connectivity index (χ3v) is 4.65. The van der Waals surface area contributed by atoms with Gasteiger partial charge < -0.3 is 15.0 Å². The highest BCUT2D eigenvalue weighted by molar-refractivity contribution is 7.99. The molecule has 25 heavy (non-hydrogen) atoms. The van der Waals surface area contributed by atoms with Crippen molar-refractivity contribution in [1.82, 2.24) is 15.0 Å². The molecule has 0 saturated carbocycles. The predicted octanol–water partition coefficient (Wildman–Crippen LogP) is 1.63. The molecule has 0 aliphatic heterocycles. The fourth-order valence-corrected chi connectivity index (χ4v) is 3.31. The number of aromatic nitrogens is 3. The molecular formula is C15H18N4O4S2. The van der Waals surface area contributed by atoms with E-state index < -0.39 is 0 Å². The number of nitrogens with one attached hydrogen (secondary N) is 2. The molecule has 0 radical (unpaired) electrons. The number of thiazole rings is 1. The van der Waals surface area contributed by atoms with E-state index in [1.54, 1.807) is 5.38 Å². The molecule has 0 fully saturated rings. The second-order valence-corrected chi connectivity index (χ2v) is 6.85. The molecule has 1 amide bonds. The van der Waals surface area contributed by atoms with Gasteiger partial charge in [0.2, 0.25) is 5.91 Å². The van der Waals surface area contributed by atoms with Crippen molar-refractivity contribution in [3.05, 3.63) is 33.2 Å². The average molecular weight is 382 g/mol. The van der Waals surface area contributed by atoms with Crippen molar-refractivity contribution in [1.29, 1.82) is 0 Å². The lowest BCUT2D eigenvalue weighted by Gasteiger charge is -2.03. The van der Waals surface area contributed by atoms with Gasteiger partial charge in [-0.1, -0.05) is 25.1 Å². The molecule has 0 spiro atoms. The van der Waals surface area contributed by atoms with Gasteiger partial charge in [-0.2, -0.15) is 0 Å². The molecule has 0 aliphatic carbocycles. The third kappa shape index (κ3) is 6.31. The molecule has 2 aromatic heterocycles. The van der Waals surface area contributed by atoms with Gasteiger partial charge in [-0.15, -0.1) is 11.3 Å². The fraction of sp³-hybridized carbons (Fsp3) is 0.400. The molecule has 0 aromatic carbocycles. The summed E-state index contributed by atoms with van der Waals surface area (Å²) in [4.78, 5) is 45.8. The number of hydrogen-bond donors (Lipinski definition) is 2. The van der Waals surface area contributed by atoms with Crippen LogP contribution in [-0.2, 0) is 27.2 Å². The summed E-state index contributed by atoms with van der Waals surface area (Å²) in [6.07, 6.45) is 1.66. The number of hydrogen-bond acceptors (Lipinski definition) is 8. The van der Waals surface area contributed by atoms with Crippen LogP contribution in [0.1, 0.15) is 24.7 Å². The van der Waals surface area contributed by atoms with E-state index in [-0.39, 0.29) is 29.6 Å². The number of carbonyl (C=O) groups excluding carboxylic acids is 2. The van der Waals surface area contributed by atoms with Gasteiger partial charge >= 0.3 is 5.97 Å². The quantitative estimate of drug-likeness (QED) is 0.405. The fourth-order valence-electron chi connectivity index (χ4n) is 1.89. The molecule has 10 heteroatoms. The zero-order valence-corrected chi connectivity index (χ0v) is 15.5. The van der Waals surface area contributed by atoms with Crippen molar-refractivity contribution in [2.75, 3.05) is 18.2 Å². The number of H-pyrrole nitrogens is 1. The molecule has 8 nitrogen and oxygen atoms in total. The Morgan fingerprint density at radius 2 is 2.16 bits per heavy atom. The van der Waals surface area contributed by atoms with E-state index >= 15 is 0 Å². The molecule has 2 N–H and O–H groups in total. The second-order valence-electron chi connectivity index (χ2n) is 5.03. The lowest BCUT2D eigenvalue weighted by atomic mass is 10.2. The topological polar surface area (TPSA) is 114 Å². The Morgan fingerprint density at radius 3 is 2.88 bits per heavy atom. The van der Waals surface area contributed by atoms with Crippen LogP contribution in [0.25, 0.3) is 0 Å². The highest BCUT2D eigenvalue weighted by Gasteiger charge is 2.11.